The number of likely N-dealkylation sites (tertiary alicyclic amines) is 1. The number of nitrogens with zero attached hydrogens (tertiary/aromatic N) is 3. The zero-order valence-electron chi connectivity index (χ0n) is 14.4. The maximum atomic E-state index is 2.84. The Bertz CT molecular complexity index is 285. The molecule has 3 nitrogen and oxygen atoms in total. The lowest BCUT2D eigenvalue weighted by atomic mass is 9.78. The summed E-state index contributed by atoms with van der Waals surface area (Å²) in [5.41, 5.74) is 0.487. The van der Waals surface area contributed by atoms with E-state index in [1.165, 1.54) is 58.5 Å². The molecule has 0 amide bonds. The lowest BCUT2D eigenvalue weighted by molar-refractivity contribution is -0.0240. The van der Waals surface area contributed by atoms with Crippen LogP contribution in [0.25, 0.3) is 0 Å². The van der Waals surface area contributed by atoms with Gasteiger partial charge in [-0.05, 0) is 46.1 Å². The minimum atomic E-state index is 0.487. The molecule has 2 fully saturated rings. The van der Waals surface area contributed by atoms with Crippen molar-refractivity contribution in [2.75, 3.05) is 46.3 Å². The van der Waals surface area contributed by atoms with Gasteiger partial charge in [-0.1, -0.05) is 13.8 Å². The molecule has 0 radical (unpaired) electrons. The number of likely N-dealkylation sites (N-methyl/N-ethyl adjacent to an activating group) is 1. The minimum absolute atomic E-state index is 0.487. The van der Waals surface area contributed by atoms with Gasteiger partial charge in [-0.2, -0.15) is 0 Å². The van der Waals surface area contributed by atoms with Crippen LogP contribution in [0.5, 0.6) is 0 Å². The van der Waals surface area contributed by atoms with Gasteiger partial charge in [0, 0.05) is 50.8 Å². The third-order valence-corrected chi connectivity index (χ3v) is 5.42. The van der Waals surface area contributed by atoms with Crippen LogP contribution in [0.1, 0.15) is 47.0 Å². The topological polar surface area (TPSA) is 9.72 Å². The molecule has 2 rings (SSSR count). The summed E-state index contributed by atoms with van der Waals surface area (Å²) in [6.07, 6.45) is 4.11. The van der Waals surface area contributed by atoms with Crippen molar-refractivity contribution >= 4 is 0 Å². The second kappa shape index (κ2) is 6.76. The predicted molar refractivity (Wildman–Crippen MR) is 87.2 cm³/mol. The first kappa shape index (κ1) is 16.3. The van der Waals surface area contributed by atoms with E-state index in [0.29, 0.717) is 11.6 Å². The fourth-order valence-corrected chi connectivity index (χ4v) is 4.15. The molecule has 2 saturated heterocycles. The molecule has 0 atom stereocenters. The monoisotopic (exact) mass is 281 g/mol. The zero-order valence-corrected chi connectivity index (χ0v) is 14.4. The summed E-state index contributed by atoms with van der Waals surface area (Å²) >= 11 is 0. The van der Waals surface area contributed by atoms with E-state index in [1.807, 2.05) is 0 Å². The molecule has 0 N–H and O–H groups in total. The van der Waals surface area contributed by atoms with Crippen molar-refractivity contribution in [2.24, 2.45) is 5.92 Å². The highest BCUT2D eigenvalue weighted by atomic mass is 15.3. The Labute approximate surface area is 126 Å². The Morgan fingerprint density at radius 3 is 1.85 bits per heavy atom. The van der Waals surface area contributed by atoms with Crippen LogP contribution in [-0.2, 0) is 0 Å². The fraction of sp³-hybridized carbons (Fsp3) is 1.00. The zero-order chi connectivity index (χ0) is 14.8. The van der Waals surface area contributed by atoms with E-state index in [0.717, 1.165) is 5.92 Å². The molecule has 0 aromatic rings. The number of hydrogen-bond donors (Lipinski definition) is 0. The predicted octanol–water partition coefficient (Wildman–Crippen LogP) is 2.52. The fourth-order valence-electron chi connectivity index (χ4n) is 4.15. The van der Waals surface area contributed by atoms with Gasteiger partial charge < -0.3 is 9.80 Å². The molecule has 0 bridgehead atoms. The van der Waals surface area contributed by atoms with E-state index in [1.54, 1.807) is 0 Å². The average Bonchev–Trinajstić information content (AvgIpc) is 2.39. The summed E-state index contributed by atoms with van der Waals surface area (Å²) in [7, 11) is 2.26. The minimum Gasteiger partial charge on any atom is -0.304 e. The van der Waals surface area contributed by atoms with Crippen LogP contribution in [-0.4, -0.2) is 72.6 Å². The normalized spacial score (nSPS) is 26.6. The Morgan fingerprint density at radius 1 is 0.850 bits per heavy atom. The molecule has 0 aromatic carbocycles. The SMILES string of the molecule is CC(C)CC1(N2CCN(C)CC2)CCN(C(C)C)CC1. The van der Waals surface area contributed by atoms with Crippen LogP contribution < -0.4 is 0 Å². The largest absolute Gasteiger partial charge is 0.304 e. The van der Waals surface area contributed by atoms with Crippen LogP contribution in [0.2, 0.25) is 0 Å². The van der Waals surface area contributed by atoms with Crippen molar-refractivity contribution in [3.05, 3.63) is 0 Å². The van der Waals surface area contributed by atoms with E-state index >= 15 is 0 Å². The second-order valence-electron chi connectivity index (χ2n) is 7.74. The summed E-state index contributed by atoms with van der Waals surface area (Å²) in [5, 5.41) is 0. The van der Waals surface area contributed by atoms with E-state index in [9.17, 15) is 0 Å². The van der Waals surface area contributed by atoms with Gasteiger partial charge >= 0.3 is 0 Å². The van der Waals surface area contributed by atoms with Crippen molar-refractivity contribution in [1.29, 1.82) is 0 Å². The van der Waals surface area contributed by atoms with Crippen LogP contribution in [0.15, 0.2) is 0 Å². The van der Waals surface area contributed by atoms with Crippen LogP contribution in [0, 0.1) is 5.92 Å². The smallest absolute Gasteiger partial charge is 0.0237 e. The molecule has 0 spiro atoms. The molecular formula is C17H35N3. The van der Waals surface area contributed by atoms with Crippen molar-refractivity contribution < 1.29 is 0 Å². The first-order chi connectivity index (χ1) is 9.43. The first-order valence-corrected chi connectivity index (χ1v) is 8.60. The summed E-state index contributed by atoms with van der Waals surface area (Å²) < 4.78 is 0. The van der Waals surface area contributed by atoms with Gasteiger partial charge in [0.15, 0.2) is 0 Å². The van der Waals surface area contributed by atoms with E-state index in [-0.39, 0.29) is 0 Å². The van der Waals surface area contributed by atoms with Crippen molar-refractivity contribution in [3.63, 3.8) is 0 Å². The van der Waals surface area contributed by atoms with Gasteiger partial charge in [0.05, 0.1) is 0 Å². The highest BCUT2D eigenvalue weighted by Crippen LogP contribution is 2.36. The standard InChI is InChI=1S/C17H35N3/c1-15(2)14-17(20-12-10-18(5)11-13-20)6-8-19(9-7-17)16(3)4/h15-16H,6-14H2,1-5H3. The molecule has 0 aliphatic carbocycles. The lowest BCUT2D eigenvalue weighted by Crippen LogP contribution is -2.61. The number of piperazine rings is 1. The maximum Gasteiger partial charge on any atom is 0.0237 e. The van der Waals surface area contributed by atoms with Gasteiger partial charge in [-0.15, -0.1) is 0 Å². The average molecular weight is 281 g/mol. The molecule has 2 heterocycles. The van der Waals surface area contributed by atoms with Gasteiger partial charge in [-0.3, -0.25) is 4.90 Å². The summed E-state index contributed by atoms with van der Waals surface area (Å²) in [5.74, 6) is 0.806. The van der Waals surface area contributed by atoms with Gasteiger partial charge in [-0.25, -0.2) is 0 Å². The third-order valence-electron chi connectivity index (χ3n) is 5.42. The Morgan fingerprint density at radius 2 is 1.40 bits per heavy atom. The van der Waals surface area contributed by atoms with E-state index in [4.69, 9.17) is 0 Å². The van der Waals surface area contributed by atoms with Crippen molar-refractivity contribution in [3.8, 4) is 0 Å². The summed E-state index contributed by atoms with van der Waals surface area (Å²) in [4.78, 5) is 7.97. The molecule has 118 valence electrons. The maximum absolute atomic E-state index is 2.84. The van der Waals surface area contributed by atoms with E-state index < -0.39 is 0 Å². The molecule has 20 heavy (non-hydrogen) atoms. The lowest BCUT2D eigenvalue weighted by Gasteiger charge is -2.52. The van der Waals surface area contributed by atoms with Crippen LogP contribution >= 0.6 is 0 Å². The Balaban J connectivity index is 2.03. The van der Waals surface area contributed by atoms with Gasteiger partial charge in [0.1, 0.15) is 0 Å². The number of piperidine rings is 1. The molecular weight excluding hydrogens is 246 g/mol. The molecule has 0 unspecified atom stereocenters. The summed E-state index contributed by atoms with van der Waals surface area (Å²) in [6, 6.07) is 0.708. The first-order valence-electron chi connectivity index (χ1n) is 8.60. The quantitative estimate of drug-likeness (QED) is 0.784. The molecule has 0 saturated carbocycles. The second-order valence-corrected chi connectivity index (χ2v) is 7.74. The molecule has 3 heteroatoms. The highest BCUT2D eigenvalue weighted by molar-refractivity contribution is 4.97. The van der Waals surface area contributed by atoms with Gasteiger partial charge in [0.25, 0.3) is 0 Å². The Hall–Kier alpha value is -0.120. The van der Waals surface area contributed by atoms with E-state index in [2.05, 4.69) is 49.4 Å². The molecule has 2 aliphatic rings. The van der Waals surface area contributed by atoms with Gasteiger partial charge in [0.2, 0.25) is 0 Å². The van der Waals surface area contributed by atoms with Crippen LogP contribution in [0.4, 0.5) is 0 Å². The number of hydrogen-bond acceptors (Lipinski definition) is 3. The summed E-state index contributed by atoms with van der Waals surface area (Å²) in [6.45, 7) is 17.1. The molecule has 0 aromatic heterocycles. The van der Waals surface area contributed by atoms with Crippen molar-refractivity contribution in [2.45, 2.75) is 58.5 Å². The third kappa shape index (κ3) is 3.75. The highest BCUT2D eigenvalue weighted by Gasteiger charge is 2.41. The Kier molecular flexibility index (Phi) is 5.49. The van der Waals surface area contributed by atoms with Crippen molar-refractivity contribution in [1.82, 2.24) is 14.7 Å². The van der Waals surface area contributed by atoms with Crippen LogP contribution in [0.3, 0.4) is 0 Å². The number of rotatable bonds is 4. The molecule has 2 aliphatic heterocycles.